The molecule has 1 atom stereocenters. The molecule has 0 aliphatic heterocycles. The number of rotatable bonds is 5. The van der Waals surface area contributed by atoms with Crippen molar-refractivity contribution in [2.75, 3.05) is 6.54 Å². The van der Waals surface area contributed by atoms with Crippen molar-refractivity contribution in [2.24, 2.45) is 0 Å². The van der Waals surface area contributed by atoms with E-state index in [1.165, 1.54) is 0 Å². The molecule has 22 heavy (non-hydrogen) atoms. The second-order valence-electron chi connectivity index (χ2n) is 6.76. The van der Waals surface area contributed by atoms with Crippen molar-refractivity contribution in [1.82, 2.24) is 10.6 Å². The first kappa shape index (κ1) is 18.3. The first-order valence-electron chi connectivity index (χ1n) is 7.58. The van der Waals surface area contributed by atoms with Gasteiger partial charge in [0.25, 0.3) is 0 Å². The van der Waals surface area contributed by atoms with Gasteiger partial charge >= 0.3 is 6.09 Å². The Morgan fingerprint density at radius 2 is 1.82 bits per heavy atom. The molecule has 0 bridgehead atoms. The molecule has 0 fully saturated rings. The standard InChI is InChI=1S/C17H28N2O3/c1-11-7-14(8-12(2)15(11)20)10-18-9-13(3)19-16(21)22-17(4,5)6/h7-8,13,18,20H,9-10H2,1-6H3,(H,19,21). The Morgan fingerprint density at radius 1 is 1.27 bits per heavy atom. The van der Waals surface area contributed by atoms with E-state index in [1.54, 1.807) is 0 Å². The molecule has 1 amide bonds. The molecular weight excluding hydrogens is 280 g/mol. The van der Waals surface area contributed by atoms with Gasteiger partial charge in [-0.15, -0.1) is 0 Å². The van der Waals surface area contributed by atoms with Gasteiger partial charge in [-0.3, -0.25) is 0 Å². The molecule has 0 aromatic heterocycles. The fourth-order valence-corrected chi connectivity index (χ4v) is 2.14. The summed E-state index contributed by atoms with van der Waals surface area (Å²) in [7, 11) is 0. The number of aryl methyl sites for hydroxylation is 2. The number of benzene rings is 1. The maximum absolute atomic E-state index is 11.6. The van der Waals surface area contributed by atoms with Crippen LogP contribution in [0.1, 0.15) is 44.4 Å². The molecule has 124 valence electrons. The molecule has 1 unspecified atom stereocenters. The number of aromatic hydroxyl groups is 1. The third kappa shape index (κ3) is 6.35. The van der Waals surface area contributed by atoms with E-state index in [-0.39, 0.29) is 6.04 Å². The molecule has 0 spiro atoms. The molecule has 0 saturated carbocycles. The SMILES string of the molecule is Cc1cc(CNCC(C)NC(=O)OC(C)(C)C)cc(C)c1O. The molecule has 3 N–H and O–H groups in total. The lowest BCUT2D eigenvalue weighted by atomic mass is 10.1. The predicted octanol–water partition coefficient (Wildman–Crippen LogP) is 3.01. The maximum atomic E-state index is 11.6. The predicted molar refractivity (Wildman–Crippen MR) is 88.1 cm³/mol. The minimum Gasteiger partial charge on any atom is -0.507 e. The quantitative estimate of drug-likeness (QED) is 0.782. The van der Waals surface area contributed by atoms with Crippen LogP contribution in [-0.4, -0.2) is 29.4 Å². The number of nitrogens with one attached hydrogen (secondary N) is 2. The van der Waals surface area contributed by atoms with Crippen LogP contribution in [-0.2, 0) is 11.3 Å². The van der Waals surface area contributed by atoms with Crippen molar-refractivity contribution in [1.29, 1.82) is 0 Å². The first-order valence-corrected chi connectivity index (χ1v) is 7.58. The fourth-order valence-electron chi connectivity index (χ4n) is 2.14. The number of ether oxygens (including phenoxy) is 1. The van der Waals surface area contributed by atoms with Crippen molar-refractivity contribution < 1.29 is 14.6 Å². The molecule has 1 aromatic rings. The highest BCUT2D eigenvalue weighted by molar-refractivity contribution is 5.68. The Hall–Kier alpha value is -1.75. The monoisotopic (exact) mass is 308 g/mol. The van der Waals surface area contributed by atoms with Crippen molar-refractivity contribution >= 4 is 6.09 Å². The molecule has 5 nitrogen and oxygen atoms in total. The van der Waals surface area contributed by atoms with E-state index in [0.717, 1.165) is 16.7 Å². The summed E-state index contributed by atoms with van der Waals surface area (Å²) >= 11 is 0. The lowest BCUT2D eigenvalue weighted by Gasteiger charge is -2.22. The Kier molecular flexibility index (Phi) is 6.23. The molecule has 0 aliphatic rings. The highest BCUT2D eigenvalue weighted by Crippen LogP contribution is 2.22. The summed E-state index contributed by atoms with van der Waals surface area (Å²) in [4.78, 5) is 11.6. The van der Waals surface area contributed by atoms with Crippen molar-refractivity contribution in [3.63, 3.8) is 0 Å². The van der Waals surface area contributed by atoms with Crippen LogP contribution in [0, 0.1) is 13.8 Å². The Bertz CT molecular complexity index is 498. The zero-order valence-electron chi connectivity index (χ0n) is 14.4. The number of hydrogen-bond acceptors (Lipinski definition) is 4. The zero-order chi connectivity index (χ0) is 16.9. The second kappa shape index (κ2) is 7.49. The molecule has 0 aliphatic carbocycles. The topological polar surface area (TPSA) is 70.6 Å². The molecule has 0 heterocycles. The second-order valence-corrected chi connectivity index (χ2v) is 6.76. The van der Waals surface area contributed by atoms with Gasteiger partial charge in [0.2, 0.25) is 0 Å². The summed E-state index contributed by atoms with van der Waals surface area (Å²) in [5.41, 5.74) is 2.36. The largest absolute Gasteiger partial charge is 0.507 e. The molecule has 5 heteroatoms. The lowest BCUT2D eigenvalue weighted by Crippen LogP contribution is -2.42. The van der Waals surface area contributed by atoms with Crippen LogP contribution in [0.2, 0.25) is 0 Å². The Balaban J connectivity index is 2.39. The van der Waals surface area contributed by atoms with Crippen LogP contribution in [0.5, 0.6) is 5.75 Å². The van der Waals surface area contributed by atoms with Gasteiger partial charge in [-0.1, -0.05) is 12.1 Å². The van der Waals surface area contributed by atoms with Gasteiger partial charge in [-0.05, 0) is 58.2 Å². The first-order chi connectivity index (χ1) is 10.1. The third-order valence-corrected chi connectivity index (χ3v) is 3.09. The van der Waals surface area contributed by atoms with Gasteiger partial charge in [-0.2, -0.15) is 0 Å². The normalized spacial score (nSPS) is 12.8. The average Bonchev–Trinajstić information content (AvgIpc) is 2.33. The number of phenolic OH excluding ortho intramolecular Hbond substituents is 1. The molecular formula is C17H28N2O3. The summed E-state index contributed by atoms with van der Waals surface area (Å²) in [5, 5.41) is 15.8. The minimum atomic E-state index is -0.488. The molecule has 0 saturated heterocycles. The van der Waals surface area contributed by atoms with Gasteiger partial charge in [0.1, 0.15) is 11.4 Å². The smallest absolute Gasteiger partial charge is 0.407 e. The van der Waals surface area contributed by atoms with Crippen molar-refractivity contribution in [2.45, 2.75) is 59.7 Å². The van der Waals surface area contributed by atoms with E-state index in [0.29, 0.717) is 18.8 Å². The Labute approximate surface area is 133 Å². The summed E-state index contributed by atoms with van der Waals surface area (Å²) in [6, 6.07) is 3.89. The lowest BCUT2D eigenvalue weighted by molar-refractivity contribution is 0.0508. The summed E-state index contributed by atoms with van der Waals surface area (Å²) in [6.45, 7) is 12.5. The number of carbonyl (C=O) groups excluding carboxylic acids is 1. The van der Waals surface area contributed by atoms with Crippen molar-refractivity contribution in [3.05, 3.63) is 28.8 Å². The van der Waals surface area contributed by atoms with E-state index < -0.39 is 11.7 Å². The van der Waals surface area contributed by atoms with E-state index >= 15 is 0 Å². The van der Waals surface area contributed by atoms with Gasteiger partial charge in [0, 0.05) is 19.1 Å². The molecule has 0 radical (unpaired) electrons. The number of carbonyl (C=O) groups is 1. The van der Waals surface area contributed by atoms with Crippen LogP contribution >= 0.6 is 0 Å². The zero-order valence-corrected chi connectivity index (χ0v) is 14.4. The third-order valence-electron chi connectivity index (χ3n) is 3.09. The molecule has 1 aromatic carbocycles. The minimum absolute atomic E-state index is 0.0332. The van der Waals surface area contributed by atoms with Gasteiger partial charge in [0.05, 0.1) is 0 Å². The number of hydrogen-bond donors (Lipinski definition) is 3. The molecule has 1 rings (SSSR count). The average molecular weight is 308 g/mol. The van der Waals surface area contributed by atoms with Crippen LogP contribution in [0.25, 0.3) is 0 Å². The number of phenols is 1. The summed E-state index contributed by atoms with van der Waals surface area (Å²) < 4.78 is 5.21. The van der Waals surface area contributed by atoms with Crippen LogP contribution < -0.4 is 10.6 Å². The number of alkyl carbamates (subject to hydrolysis) is 1. The highest BCUT2D eigenvalue weighted by atomic mass is 16.6. The van der Waals surface area contributed by atoms with Gasteiger partial charge in [0.15, 0.2) is 0 Å². The van der Waals surface area contributed by atoms with Gasteiger partial charge < -0.3 is 20.5 Å². The fraction of sp³-hybridized carbons (Fsp3) is 0.588. The van der Waals surface area contributed by atoms with E-state index in [1.807, 2.05) is 53.7 Å². The van der Waals surface area contributed by atoms with E-state index in [2.05, 4.69) is 10.6 Å². The van der Waals surface area contributed by atoms with E-state index in [4.69, 9.17) is 4.74 Å². The van der Waals surface area contributed by atoms with E-state index in [9.17, 15) is 9.90 Å². The number of amides is 1. The van der Waals surface area contributed by atoms with Gasteiger partial charge in [-0.25, -0.2) is 4.79 Å². The van der Waals surface area contributed by atoms with Crippen LogP contribution in [0.3, 0.4) is 0 Å². The maximum Gasteiger partial charge on any atom is 0.407 e. The highest BCUT2D eigenvalue weighted by Gasteiger charge is 2.17. The van der Waals surface area contributed by atoms with Crippen LogP contribution in [0.4, 0.5) is 4.79 Å². The van der Waals surface area contributed by atoms with Crippen molar-refractivity contribution in [3.8, 4) is 5.75 Å². The van der Waals surface area contributed by atoms with Crippen LogP contribution in [0.15, 0.2) is 12.1 Å². The Morgan fingerprint density at radius 3 is 2.32 bits per heavy atom. The summed E-state index contributed by atoms with van der Waals surface area (Å²) in [5.74, 6) is 0.351. The summed E-state index contributed by atoms with van der Waals surface area (Å²) in [6.07, 6.45) is -0.405.